The first kappa shape index (κ1) is 19.3. The molecular formula is C21H22FN5O. The zero-order valence-electron chi connectivity index (χ0n) is 15.8. The summed E-state index contributed by atoms with van der Waals surface area (Å²) in [6.45, 7) is 0.629. The average Bonchev–Trinajstić information content (AvgIpc) is 2.70. The minimum atomic E-state index is -0.317. The van der Waals surface area contributed by atoms with Crippen LogP contribution in [0.3, 0.4) is 0 Å². The summed E-state index contributed by atoms with van der Waals surface area (Å²) in [6.07, 6.45) is 3.69. The summed E-state index contributed by atoms with van der Waals surface area (Å²) in [5.41, 5.74) is 3.01. The zero-order valence-corrected chi connectivity index (χ0v) is 15.8. The molecule has 1 heterocycles. The van der Waals surface area contributed by atoms with Crippen molar-refractivity contribution >= 4 is 23.1 Å². The van der Waals surface area contributed by atoms with Crippen LogP contribution in [-0.2, 0) is 6.42 Å². The third-order valence-electron chi connectivity index (χ3n) is 4.16. The Morgan fingerprint density at radius 3 is 2.32 bits per heavy atom. The number of anilines is 3. The fourth-order valence-electron chi connectivity index (χ4n) is 2.56. The lowest BCUT2D eigenvalue weighted by Gasteiger charge is -2.13. The molecule has 0 unspecified atom stereocenters. The molecule has 2 N–H and O–H groups in total. The van der Waals surface area contributed by atoms with Crippen molar-refractivity contribution in [3.8, 4) is 0 Å². The van der Waals surface area contributed by atoms with Gasteiger partial charge in [0.15, 0.2) is 0 Å². The van der Waals surface area contributed by atoms with Gasteiger partial charge in [-0.25, -0.2) is 14.4 Å². The second-order valence-electron chi connectivity index (χ2n) is 6.49. The third-order valence-corrected chi connectivity index (χ3v) is 4.16. The van der Waals surface area contributed by atoms with Gasteiger partial charge in [0.1, 0.15) is 17.3 Å². The largest absolute Gasteiger partial charge is 0.378 e. The number of hydrogen-bond donors (Lipinski definition) is 2. The number of amides is 1. The van der Waals surface area contributed by atoms with Gasteiger partial charge in [-0.2, -0.15) is 0 Å². The molecule has 0 aliphatic carbocycles. The maximum atomic E-state index is 12.9. The molecular weight excluding hydrogens is 357 g/mol. The smallest absolute Gasteiger partial charge is 0.275 e. The van der Waals surface area contributed by atoms with Gasteiger partial charge >= 0.3 is 0 Å². The van der Waals surface area contributed by atoms with Crippen molar-refractivity contribution < 1.29 is 9.18 Å². The normalized spacial score (nSPS) is 10.4. The van der Waals surface area contributed by atoms with E-state index in [1.54, 1.807) is 12.1 Å². The lowest BCUT2D eigenvalue weighted by molar-refractivity contribution is 0.102. The van der Waals surface area contributed by atoms with Crippen LogP contribution in [0.4, 0.5) is 21.6 Å². The summed E-state index contributed by atoms with van der Waals surface area (Å²) in [4.78, 5) is 22.7. The van der Waals surface area contributed by atoms with Crippen LogP contribution in [0.1, 0.15) is 16.1 Å². The molecule has 6 nitrogen and oxygen atoms in total. The summed E-state index contributed by atoms with van der Waals surface area (Å²) >= 11 is 0. The van der Waals surface area contributed by atoms with Crippen LogP contribution in [0.2, 0.25) is 0 Å². The molecule has 0 spiro atoms. The highest BCUT2D eigenvalue weighted by Gasteiger charge is 2.09. The van der Waals surface area contributed by atoms with E-state index in [-0.39, 0.29) is 17.4 Å². The maximum Gasteiger partial charge on any atom is 0.275 e. The van der Waals surface area contributed by atoms with Gasteiger partial charge in [-0.15, -0.1) is 0 Å². The molecule has 2 aromatic carbocycles. The van der Waals surface area contributed by atoms with Crippen molar-refractivity contribution in [1.29, 1.82) is 0 Å². The van der Waals surface area contributed by atoms with Crippen molar-refractivity contribution in [2.75, 3.05) is 36.2 Å². The molecule has 1 amide bonds. The Kier molecular flexibility index (Phi) is 6.16. The quantitative estimate of drug-likeness (QED) is 0.657. The summed E-state index contributed by atoms with van der Waals surface area (Å²) in [7, 11) is 3.91. The lowest BCUT2D eigenvalue weighted by Crippen LogP contribution is -2.15. The maximum absolute atomic E-state index is 12.9. The first-order chi connectivity index (χ1) is 13.5. The van der Waals surface area contributed by atoms with Crippen molar-refractivity contribution in [2.24, 2.45) is 0 Å². The second kappa shape index (κ2) is 8.94. The van der Waals surface area contributed by atoms with Crippen molar-refractivity contribution in [3.05, 3.63) is 78.0 Å². The van der Waals surface area contributed by atoms with Crippen LogP contribution >= 0.6 is 0 Å². The molecule has 0 aliphatic rings. The Bertz CT molecular complexity index is 909. The molecule has 0 atom stereocenters. The summed E-state index contributed by atoms with van der Waals surface area (Å²) in [5, 5.41) is 5.94. The Balaban J connectivity index is 1.51. The van der Waals surface area contributed by atoms with E-state index < -0.39 is 0 Å². The molecule has 3 aromatic rings. The van der Waals surface area contributed by atoms with Crippen LogP contribution in [0, 0.1) is 5.82 Å². The van der Waals surface area contributed by atoms with E-state index in [1.807, 2.05) is 43.3 Å². The predicted molar refractivity (Wildman–Crippen MR) is 109 cm³/mol. The summed E-state index contributed by atoms with van der Waals surface area (Å²) in [6, 6.07) is 13.9. The molecule has 0 aliphatic heterocycles. The molecule has 144 valence electrons. The van der Waals surface area contributed by atoms with E-state index in [0.717, 1.165) is 17.7 Å². The van der Waals surface area contributed by atoms with Gasteiger partial charge in [0.2, 0.25) is 0 Å². The van der Waals surface area contributed by atoms with Crippen LogP contribution in [-0.4, -0.2) is 36.5 Å². The number of carbonyl (C=O) groups excluding carboxylic acids is 1. The predicted octanol–water partition coefficient (Wildman–Crippen LogP) is 3.59. The monoisotopic (exact) mass is 379 g/mol. The van der Waals surface area contributed by atoms with Crippen molar-refractivity contribution in [2.45, 2.75) is 6.42 Å². The van der Waals surface area contributed by atoms with Crippen LogP contribution in [0.15, 0.2) is 60.9 Å². The number of hydrogen-bond acceptors (Lipinski definition) is 5. The van der Waals surface area contributed by atoms with Crippen LogP contribution in [0.25, 0.3) is 0 Å². The number of benzene rings is 2. The number of rotatable bonds is 7. The van der Waals surface area contributed by atoms with Crippen molar-refractivity contribution in [1.82, 2.24) is 9.97 Å². The molecule has 0 fully saturated rings. The standard InChI is InChI=1S/C21H22FN5O/c1-27(2)18-9-7-17(8-10-18)26-21(28)19-13-25-20(14-24-19)23-12-11-15-3-5-16(22)6-4-15/h3-10,13-14H,11-12H2,1-2H3,(H,23,25)(H,26,28). The lowest BCUT2D eigenvalue weighted by atomic mass is 10.1. The number of aromatic nitrogens is 2. The van der Waals surface area contributed by atoms with Gasteiger partial charge in [0.25, 0.3) is 5.91 Å². The third kappa shape index (κ3) is 5.26. The van der Waals surface area contributed by atoms with Crippen LogP contribution < -0.4 is 15.5 Å². The molecule has 1 aromatic heterocycles. The van der Waals surface area contributed by atoms with Crippen molar-refractivity contribution in [3.63, 3.8) is 0 Å². The van der Waals surface area contributed by atoms with Gasteiger partial charge in [-0.05, 0) is 48.4 Å². The first-order valence-corrected chi connectivity index (χ1v) is 8.90. The fourth-order valence-corrected chi connectivity index (χ4v) is 2.56. The average molecular weight is 379 g/mol. The first-order valence-electron chi connectivity index (χ1n) is 8.90. The van der Waals surface area contributed by atoms with E-state index in [0.29, 0.717) is 18.1 Å². The number of halogens is 1. The van der Waals surface area contributed by atoms with Crippen LogP contribution in [0.5, 0.6) is 0 Å². The molecule has 0 saturated heterocycles. The topological polar surface area (TPSA) is 70.2 Å². The molecule has 0 bridgehead atoms. The Morgan fingerprint density at radius 1 is 1.00 bits per heavy atom. The number of nitrogens with zero attached hydrogens (tertiary/aromatic N) is 3. The van der Waals surface area contributed by atoms with E-state index >= 15 is 0 Å². The Labute approximate surface area is 163 Å². The molecule has 0 radical (unpaired) electrons. The summed E-state index contributed by atoms with van der Waals surface area (Å²) < 4.78 is 12.9. The highest BCUT2D eigenvalue weighted by Crippen LogP contribution is 2.16. The molecule has 28 heavy (non-hydrogen) atoms. The number of carbonyl (C=O) groups is 1. The highest BCUT2D eigenvalue weighted by molar-refractivity contribution is 6.02. The minimum Gasteiger partial charge on any atom is -0.378 e. The van der Waals surface area contributed by atoms with E-state index in [4.69, 9.17) is 0 Å². The zero-order chi connectivity index (χ0) is 19.9. The fraction of sp³-hybridized carbons (Fsp3) is 0.190. The van der Waals surface area contributed by atoms with E-state index in [2.05, 4.69) is 20.6 Å². The van der Waals surface area contributed by atoms with Gasteiger partial charge < -0.3 is 15.5 Å². The molecule has 7 heteroatoms. The molecule has 3 rings (SSSR count). The summed E-state index contributed by atoms with van der Waals surface area (Å²) in [5.74, 6) is 0.0158. The van der Waals surface area contributed by atoms with Gasteiger partial charge in [-0.1, -0.05) is 12.1 Å². The Morgan fingerprint density at radius 2 is 1.71 bits per heavy atom. The van der Waals surface area contributed by atoms with Gasteiger partial charge in [0, 0.05) is 32.0 Å². The second-order valence-corrected chi connectivity index (χ2v) is 6.49. The van der Waals surface area contributed by atoms with Gasteiger partial charge in [0.05, 0.1) is 12.4 Å². The van der Waals surface area contributed by atoms with Gasteiger partial charge in [-0.3, -0.25) is 4.79 Å². The molecule has 0 saturated carbocycles. The Hall–Kier alpha value is -3.48. The highest BCUT2D eigenvalue weighted by atomic mass is 19.1. The van der Waals surface area contributed by atoms with E-state index in [9.17, 15) is 9.18 Å². The minimum absolute atomic E-state index is 0.237. The number of nitrogens with one attached hydrogen (secondary N) is 2. The van der Waals surface area contributed by atoms with E-state index in [1.165, 1.54) is 24.5 Å². The SMILES string of the molecule is CN(C)c1ccc(NC(=O)c2cnc(NCCc3ccc(F)cc3)cn2)cc1.